The van der Waals surface area contributed by atoms with Gasteiger partial charge in [-0.3, -0.25) is 28.8 Å². The van der Waals surface area contributed by atoms with Gasteiger partial charge in [0.25, 0.3) is 0 Å². The van der Waals surface area contributed by atoms with Crippen LogP contribution in [-0.4, -0.2) is 35.8 Å². The van der Waals surface area contributed by atoms with Crippen LogP contribution < -0.4 is 28.4 Å². The average Bonchev–Trinajstić information content (AvgIpc) is 3.41. The van der Waals surface area contributed by atoms with E-state index in [9.17, 15) is 28.8 Å². The normalized spacial score (nSPS) is 13.4. The summed E-state index contributed by atoms with van der Waals surface area (Å²) in [4.78, 5) is 78.2. The van der Waals surface area contributed by atoms with Gasteiger partial charge in [-0.1, -0.05) is 179 Å². The molecule has 0 aliphatic carbocycles. The van der Waals surface area contributed by atoms with E-state index in [2.05, 4.69) is 41.5 Å². The Labute approximate surface area is 466 Å². The molecule has 2 rings (SSSR count). The number of esters is 6. The molecule has 12 nitrogen and oxygen atoms in total. The summed E-state index contributed by atoms with van der Waals surface area (Å²) in [7, 11) is 0. The fraction of sp³-hybridized carbons (Fsp3) is 0.723. The summed E-state index contributed by atoms with van der Waals surface area (Å²) in [5.41, 5.74) is 1.08. The average molecular weight is 1080 g/mol. The fourth-order valence-corrected chi connectivity index (χ4v) is 9.19. The van der Waals surface area contributed by atoms with Gasteiger partial charge in [0.05, 0.1) is 35.5 Å². The molecule has 0 radical (unpaired) electrons. The molecule has 0 amide bonds. The lowest BCUT2D eigenvalue weighted by Gasteiger charge is -2.20. The van der Waals surface area contributed by atoms with Crippen molar-refractivity contribution in [1.82, 2.24) is 0 Å². The van der Waals surface area contributed by atoms with Crippen LogP contribution in [0.1, 0.15) is 268 Å². The molecule has 6 atom stereocenters. The van der Waals surface area contributed by atoms with Crippen molar-refractivity contribution in [3.05, 3.63) is 35.4 Å². The molecule has 0 aromatic heterocycles. The van der Waals surface area contributed by atoms with E-state index >= 15 is 0 Å². The summed E-state index contributed by atoms with van der Waals surface area (Å²) in [5.74, 6) is -1.65. The number of unbranched alkanes of at least 4 members (excludes halogenated alkanes) is 9. The Morgan fingerprint density at radius 2 is 0.468 bits per heavy atom. The van der Waals surface area contributed by atoms with Crippen molar-refractivity contribution >= 4 is 35.8 Å². The lowest BCUT2D eigenvalue weighted by atomic mass is 9.98. The van der Waals surface area contributed by atoms with Crippen molar-refractivity contribution in [1.29, 1.82) is 0 Å². The zero-order valence-electron chi connectivity index (χ0n) is 50.8. The Balaban J connectivity index is 0.000000772. The molecule has 6 unspecified atom stereocenters. The molecule has 0 N–H and O–H groups in total. The van der Waals surface area contributed by atoms with E-state index in [1.54, 1.807) is 38.1 Å². The van der Waals surface area contributed by atoms with Crippen LogP contribution in [0.3, 0.4) is 0 Å². The first-order valence-electron chi connectivity index (χ1n) is 30.6. The predicted octanol–water partition coefficient (Wildman–Crippen LogP) is 17.9. The third-order valence-corrected chi connectivity index (χ3v) is 15.0. The second kappa shape index (κ2) is 41.3. The molecule has 0 saturated heterocycles. The Morgan fingerprint density at radius 3 is 0.649 bits per heavy atom. The van der Waals surface area contributed by atoms with Crippen molar-refractivity contribution < 1.29 is 57.2 Å². The van der Waals surface area contributed by atoms with Gasteiger partial charge in [0, 0.05) is 35.4 Å². The highest BCUT2D eigenvalue weighted by atomic mass is 16.6. The fourth-order valence-electron chi connectivity index (χ4n) is 9.19. The van der Waals surface area contributed by atoms with E-state index in [-0.39, 0.29) is 106 Å². The summed E-state index contributed by atoms with van der Waals surface area (Å²) >= 11 is 0. The number of hydrogen-bond donors (Lipinski definition) is 0. The van der Waals surface area contributed by atoms with Crippen LogP contribution in [0.25, 0.3) is 0 Å². The number of carbonyl (C=O) groups is 6. The highest BCUT2D eigenvalue weighted by Crippen LogP contribution is 2.38. The van der Waals surface area contributed by atoms with Crippen LogP contribution >= 0.6 is 0 Å². The van der Waals surface area contributed by atoms with Gasteiger partial charge in [0.1, 0.15) is 34.5 Å². The third kappa shape index (κ3) is 26.2. The first-order valence-corrected chi connectivity index (χ1v) is 30.6. The summed E-state index contributed by atoms with van der Waals surface area (Å²) in [6, 6.07) is 6.29. The summed E-state index contributed by atoms with van der Waals surface area (Å²) < 4.78 is 35.0. The van der Waals surface area contributed by atoms with Gasteiger partial charge in [0.2, 0.25) is 0 Å². The van der Waals surface area contributed by atoms with Crippen molar-refractivity contribution in [2.24, 2.45) is 35.5 Å². The maximum Gasteiger partial charge on any atom is 0.314 e. The lowest BCUT2D eigenvalue weighted by Crippen LogP contribution is -2.23. The molecule has 0 heterocycles. The Morgan fingerprint density at radius 1 is 0.286 bits per heavy atom. The quantitative estimate of drug-likeness (QED) is 0.0355. The number of rotatable bonds is 39. The van der Waals surface area contributed by atoms with Gasteiger partial charge in [-0.2, -0.15) is 0 Å². The second-order valence-corrected chi connectivity index (χ2v) is 21.2. The minimum absolute atomic E-state index is 0.212. The maximum atomic E-state index is 13.1. The highest BCUT2D eigenvalue weighted by Gasteiger charge is 2.28. The van der Waals surface area contributed by atoms with E-state index in [0.717, 1.165) is 135 Å². The Kier molecular flexibility index (Phi) is 37.7. The van der Waals surface area contributed by atoms with Crippen molar-refractivity contribution in [2.45, 2.75) is 270 Å². The van der Waals surface area contributed by atoms with Crippen molar-refractivity contribution in [3.8, 4) is 34.5 Å². The number of hydrogen-bond acceptors (Lipinski definition) is 12. The van der Waals surface area contributed by atoms with Crippen molar-refractivity contribution in [3.63, 3.8) is 0 Å². The first kappa shape index (κ1) is 70.3. The van der Waals surface area contributed by atoms with Crippen LogP contribution in [0.2, 0.25) is 0 Å². The van der Waals surface area contributed by atoms with Crippen LogP contribution in [0.5, 0.6) is 34.5 Å². The van der Waals surface area contributed by atoms with Crippen molar-refractivity contribution in [2.75, 3.05) is 0 Å². The molecule has 0 aliphatic rings. The van der Waals surface area contributed by atoms with Gasteiger partial charge >= 0.3 is 35.8 Å². The lowest BCUT2D eigenvalue weighted by molar-refractivity contribution is -0.141. The van der Waals surface area contributed by atoms with Gasteiger partial charge < -0.3 is 28.4 Å². The molecule has 0 spiro atoms. The highest BCUT2D eigenvalue weighted by molar-refractivity contribution is 5.81. The molecule has 438 valence electrons. The Bertz CT molecular complexity index is 1920. The maximum absolute atomic E-state index is 13.1. The van der Waals surface area contributed by atoms with Gasteiger partial charge in [-0.05, 0) is 90.9 Å². The summed E-state index contributed by atoms with van der Waals surface area (Å²) in [5, 5.41) is 0. The smallest absolute Gasteiger partial charge is 0.314 e. The molecule has 77 heavy (non-hydrogen) atoms. The predicted molar refractivity (Wildman–Crippen MR) is 310 cm³/mol. The van der Waals surface area contributed by atoms with E-state index < -0.39 is 0 Å². The van der Waals surface area contributed by atoms with E-state index in [1.807, 2.05) is 41.5 Å². The topological polar surface area (TPSA) is 158 Å². The molecular formula is C65H106O12. The zero-order valence-corrected chi connectivity index (χ0v) is 50.8. The monoisotopic (exact) mass is 1080 g/mol. The number of benzene rings is 2. The standard InChI is InChI=1S/C34H56O6.C31H50O6/c1-8-14-17-20-26(11-4)32(35)38-29-23-30(39-33(36)27(12-5)21-18-15-9-2)25(7)31(24-29)40-34(37)28(13-6)22-19-16-10-3;1-8-14-17-23(11-4)29(32)35-26-20-27(36-30(33)24(12-5)18-15-9-2)22(7)28(21-26)37-31(34)25(13-6)19-16-10-3/h23-24,26-28H,8-22H2,1-7H3;20-21,23-25H,8-19H2,1-7H3. The molecule has 2 aromatic carbocycles. The molecular weight excluding hydrogens is 973 g/mol. The largest absolute Gasteiger partial charge is 0.426 e. The molecule has 0 saturated carbocycles. The van der Waals surface area contributed by atoms with Gasteiger partial charge in [-0.25, -0.2) is 0 Å². The van der Waals surface area contributed by atoms with Crippen LogP contribution in [0, 0.1) is 49.4 Å². The van der Waals surface area contributed by atoms with E-state index in [0.29, 0.717) is 49.7 Å². The summed E-state index contributed by atoms with van der Waals surface area (Å²) in [6.07, 6.45) is 23.9. The van der Waals surface area contributed by atoms with Gasteiger partial charge in [-0.15, -0.1) is 0 Å². The molecule has 2 aromatic rings. The third-order valence-electron chi connectivity index (χ3n) is 15.0. The zero-order chi connectivity index (χ0) is 57.7. The van der Waals surface area contributed by atoms with Crippen LogP contribution in [0.4, 0.5) is 0 Å². The number of ether oxygens (including phenoxy) is 6. The van der Waals surface area contributed by atoms with Crippen LogP contribution in [0.15, 0.2) is 24.3 Å². The minimum Gasteiger partial charge on any atom is -0.426 e. The molecule has 12 heteroatoms. The molecule has 0 fully saturated rings. The molecule has 0 aliphatic heterocycles. The second-order valence-electron chi connectivity index (χ2n) is 21.2. The minimum atomic E-state index is -0.321. The number of carbonyl (C=O) groups excluding carboxylic acids is 6. The summed E-state index contributed by atoms with van der Waals surface area (Å²) in [6.45, 7) is 28.1. The van der Waals surface area contributed by atoms with E-state index in [4.69, 9.17) is 28.4 Å². The SMILES string of the molecule is CCCCC(CC)C(=O)Oc1cc(OC(=O)C(CC)CCCC)c(C)c(OC(=O)C(CC)CCCC)c1.CCCCCC(CC)C(=O)Oc1cc(OC(=O)C(CC)CCCCC)c(C)c(OC(=O)C(CC)CCCCC)c1. The molecule has 0 bridgehead atoms. The van der Waals surface area contributed by atoms with Gasteiger partial charge in [0.15, 0.2) is 0 Å². The van der Waals surface area contributed by atoms with Crippen LogP contribution in [-0.2, 0) is 28.8 Å². The first-order chi connectivity index (χ1) is 37.0. The van der Waals surface area contributed by atoms with E-state index in [1.165, 1.54) is 0 Å². The Hall–Kier alpha value is -4.74.